The second-order valence-corrected chi connectivity index (χ2v) is 21.3. The molecule has 2 fully saturated rings. The molecule has 1 aromatic rings. The predicted octanol–water partition coefficient (Wildman–Crippen LogP) is -8.10. The zero-order valence-electron chi connectivity index (χ0n) is 48.7. The van der Waals surface area contributed by atoms with Crippen molar-refractivity contribution in [1.29, 1.82) is 0 Å². The quantitative estimate of drug-likeness (QED) is 0.0364. The molecule has 2 aliphatic rings. The van der Waals surface area contributed by atoms with Crippen LogP contribution in [-0.4, -0.2) is 241 Å². The van der Waals surface area contributed by atoms with Crippen LogP contribution in [0.25, 0.3) is 0 Å². The van der Waals surface area contributed by atoms with Crippen molar-refractivity contribution in [3.8, 4) is 5.75 Å². The van der Waals surface area contributed by atoms with Gasteiger partial charge >= 0.3 is 0 Å². The average Bonchev–Trinajstić information content (AvgIpc) is 3.63. The fourth-order valence-electron chi connectivity index (χ4n) is 9.36. The van der Waals surface area contributed by atoms with Gasteiger partial charge in [-0.1, -0.05) is 76.8 Å². The fraction of sp³-hybridized carbons (Fsp3) is 0.704. The maximum Gasteiger partial charge on any atom is 0.248 e. The first kappa shape index (κ1) is 74.5. The topological polar surface area (TPSA) is 552 Å². The van der Waals surface area contributed by atoms with E-state index in [0.29, 0.717) is 12.8 Å². The third-order valence-electron chi connectivity index (χ3n) is 14.3. The molecule has 492 valence electrons. The standard InChI is InChI=1S/C54H89N11O22/c1-3-5-6-7-8-9-10-11-12-13-36(87-54-46(78)44(76)35(70)26-86-54)43(75)34(69)20-28-21-38(72)61-32(24-66)50(82)64-40(42(74)27-14-16-29(68)17-15-27)53(85)62-30(18-19-55)48(80)58-23-39(73)60-31(22-37(71)57-4-2)49(81)63-33(25-67)51(83)65-41(52(84)59-28)45(77)47(56)79/h14-17,28,30-36,40-46,54,66-70,74-78H,3-13,18-26,55H2,1-2H3,(H2,56,79)(H,57,71)(H,58,80)(H,59,84)(H,60,73)(H,61,72)(H,62,85)(H,63,81)(H,64,82)(H,65,83)/t28-,30-,31+,32+,33-,34-,35-,36-,40-,41+,42-,43-,44+,45+,46-,54-/m1/s1. The van der Waals surface area contributed by atoms with Gasteiger partial charge in [-0.2, -0.15) is 0 Å². The van der Waals surface area contributed by atoms with Crippen molar-refractivity contribution in [2.45, 2.75) is 201 Å². The van der Waals surface area contributed by atoms with E-state index in [1.54, 1.807) is 0 Å². The van der Waals surface area contributed by atoms with Gasteiger partial charge in [0.05, 0.1) is 45.0 Å². The lowest BCUT2D eigenvalue weighted by Gasteiger charge is -2.38. The first-order valence-corrected chi connectivity index (χ1v) is 29.0. The van der Waals surface area contributed by atoms with Gasteiger partial charge in [0, 0.05) is 19.0 Å². The van der Waals surface area contributed by atoms with Crippen LogP contribution in [0, 0.1) is 0 Å². The molecule has 0 unspecified atom stereocenters. The number of aliphatic hydroxyl groups is 9. The monoisotopic (exact) mass is 1240 g/mol. The number of ether oxygens (including phenoxy) is 2. The first-order chi connectivity index (χ1) is 41.3. The molecule has 0 radical (unpaired) electrons. The molecular weight excluding hydrogens is 1150 g/mol. The number of amides is 10. The van der Waals surface area contributed by atoms with Gasteiger partial charge in [-0.05, 0) is 50.4 Å². The number of carbonyl (C=O) groups is 10. The van der Waals surface area contributed by atoms with Crippen molar-refractivity contribution >= 4 is 59.1 Å². The number of rotatable bonds is 27. The van der Waals surface area contributed by atoms with E-state index >= 15 is 0 Å². The van der Waals surface area contributed by atoms with E-state index in [1.807, 2.05) is 5.32 Å². The minimum Gasteiger partial charge on any atom is -0.508 e. The molecule has 2 saturated heterocycles. The van der Waals surface area contributed by atoms with Gasteiger partial charge in [-0.25, -0.2) is 0 Å². The highest BCUT2D eigenvalue weighted by molar-refractivity contribution is 5.99. The Morgan fingerprint density at radius 3 is 1.82 bits per heavy atom. The van der Waals surface area contributed by atoms with Gasteiger partial charge in [0.2, 0.25) is 59.1 Å². The van der Waals surface area contributed by atoms with Gasteiger partial charge in [0.25, 0.3) is 0 Å². The molecule has 23 N–H and O–H groups in total. The molecule has 3 rings (SSSR count). The van der Waals surface area contributed by atoms with Gasteiger partial charge in [-0.3, -0.25) is 47.9 Å². The Bertz CT molecular complexity index is 2400. The molecule has 0 aliphatic carbocycles. The number of aromatic hydroxyl groups is 1. The number of phenolic OH excluding ortho intramolecular Hbond substituents is 1. The molecule has 0 saturated carbocycles. The summed E-state index contributed by atoms with van der Waals surface area (Å²) in [6, 6.07) is -9.54. The first-order valence-electron chi connectivity index (χ1n) is 29.0. The minimum absolute atomic E-state index is 0.0358. The number of nitrogens with one attached hydrogen (secondary N) is 9. The second-order valence-electron chi connectivity index (χ2n) is 21.3. The Morgan fingerprint density at radius 1 is 0.678 bits per heavy atom. The maximum absolute atomic E-state index is 14.3. The van der Waals surface area contributed by atoms with Crippen LogP contribution in [0.3, 0.4) is 0 Å². The Balaban J connectivity index is 2.17. The summed E-state index contributed by atoms with van der Waals surface area (Å²) in [5, 5.41) is 128. The zero-order valence-corrected chi connectivity index (χ0v) is 48.7. The Kier molecular flexibility index (Phi) is 33.0. The Labute approximate surface area is 501 Å². The molecule has 0 bridgehead atoms. The number of primary amides is 1. The molecule has 33 nitrogen and oxygen atoms in total. The lowest BCUT2D eigenvalue weighted by atomic mass is 9.94. The van der Waals surface area contributed by atoms with E-state index in [1.165, 1.54) is 6.92 Å². The van der Waals surface area contributed by atoms with Gasteiger partial charge in [0.1, 0.15) is 72.5 Å². The Hall–Kier alpha value is -6.76. The molecular formula is C54H89N11O22. The van der Waals surface area contributed by atoms with Crippen LogP contribution < -0.4 is 59.3 Å². The molecule has 0 spiro atoms. The largest absolute Gasteiger partial charge is 0.508 e. The third kappa shape index (κ3) is 24.7. The smallest absolute Gasteiger partial charge is 0.248 e. The van der Waals surface area contributed by atoms with E-state index in [-0.39, 0.29) is 37.2 Å². The Morgan fingerprint density at radius 2 is 1.23 bits per heavy atom. The number of unbranched alkanes of at least 4 members (excludes halogenated alkanes) is 8. The molecule has 2 aliphatic heterocycles. The summed E-state index contributed by atoms with van der Waals surface area (Å²) >= 11 is 0. The highest BCUT2D eigenvalue weighted by Crippen LogP contribution is 2.25. The van der Waals surface area contributed by atoms with Gasteiger partial charge in [-0.15, -0.1) is 0 Å². The van der Waals surface area contributed by atoms with Crippen molar-refractivity contribution in [2.24, 2.45) is 11.5 Å². The molecule has 33 heteroatoms. The number of hydrogen-bond donors (Lipinski definition) is 21. The van der Waals surface area contributed by atoms with Crippen LogP contribution in [0.2, 0.25) is 0 Å². The molecule has 16 atom stereocenters. The minimum atomic E-state index is -2.66. The highest BCUT2D eigenvalue weighted by atomic mass is 16.7. The number of hydrogen-bond acceptors (Lipinski definition) is 23. The normalized spacial score (nSPS) is 27.1. The second kappa shape index (κ2) is 38.5. The number of phenols is 1. The van der Waals surface area contributed by atoms with Crippen molar-refractivity contribution in [3.05, 3.63) is 29.8 Å². The summed E-state index contributed by atoms with van der Waals surface area (Å²) in [6.45, 7) is -0.656. The van der Waals surface area contributed by atoms with Crippen LogP contribution in [-0.2, 0) is 57.4 Å². The fourth-order valence-corrected chi connectivity index (χ4v) is 9.36. The number of nitrogens with two attached hydrogens (primary N) is 2. The predicted molar refractivity (Wildman–Crippen MR) is 302 cm³/mol. The third-order valence-corrected chi connectivity index (χ3v) is 14.3. The number of benzene rings is 1. The summed E-state index contributed by atoms with van der Waals surface area (Å²) in [5.74, 6) is -13.4. The molecule has 0 aromatic heterocycles. The molecule has 2 heterocycles. The van der Waals surface area contributed by atoms with Gasteiger partial charge in [0.15, 0.2) is 12.4 Å². The van der Waals surface area contributed by atoms with Crippen LogP contribution in [0.1, 0.15) is 115 Å². The van der Waals surface area contributed by atoms with Crippen LogP contribution >= 0.6 is 0 Å². The molecule has 10 amide bonds. The van der Waals surface area contributed by atoms with Crippen molar-refractivity contribution in [3.63, 3.8) is 0 Å². The summed E-state index contributed by atoms with van der Waals surface area (Å²) in [6.07, 6.45) is -12.4. The lowest BCUT2D eigenvalue weighted by molar-refractivity contribution is -0.293. The number of carbonyl (C=O) groups excluding carboxylic acids is 10. The zero-order chi connectivity index (χ0) is 64.9. The van der Waals surface area contributed by atoms with E-state index in [2.05, 4.69) is 49.5 Å². The number of aliphatic hydroxyl groups excluding tert-OH is 9. The summed E-state index contributed by atoms with van der Waals surface area (Å²) in [7, 11) is 0. The van der Waals surface area contributed by atoms with Crippen LogP contribution in [0.4, 0.5) is 0 Å². The molecule has 87 heavy (non-hydrogen) atoms. The van der Waals surface area contributed by atoms with Crippen molar-refractivity contribution in [1.82, 2.24) is 47.9 Å². The van der Waals surface area contributed by atoms with Gasteiger partial charge < -0.3 is 120 Å². The van der Waals surface area contributed by atoms with Crippen LogP contribution in [0.5, 0.6) is 5.75 Å². The van der Waals surface area contributed by atoms with E-state index in [9.17, 15) is 99.0 Å². The SMILES string of the molecule is CCCCCCCCCCC[C@@H](O[C@H]1OC[C@@H](O)[C@H](O)[C@H]1O)[C@H](O)[C@H](O)C[C@@H]1CC(=O)N[C@@H](CO)C(=O)N[C@H]([C@H](O)c2ccc(O)cc2)C(=O)N[C@H](CCN)C(=O)NCC(=O)N[C@@H](CC(=O)NCC)C(=O)N[C@H](CO)C(=O)N[C@@H]([C@H](O)C(N)=O)C(=O)N1. The van der Waals surface area contributed by atoms with Crippen molar-refractivity contribution < 1.29 is 108 Å². The van der Waals surface area contributed by atoms with E-state index in [0.717, 1.165) is 69.2 Å². The van der Waals surface area contributed by atoms with Crippen molar-refractivity contribution in [2.75, 3.05) is 39.5 Å². The van der Waals surface area contributed by atoms with E-state index in [4.69, 9.17) is 20.9 Å². The summed E-state index contributed by atoms with van der Waals surface area (Å²) in [4.78, 5) is 136. The lowest BCUT2D eigenvalue weighted by Crippen LogP contribution is -2.63. The average molecular weight is 1240 g/mol. The highest BCUT2D eigenvalue weighted by Gasteiger charge is 2.43. The maximum atomic E-state index is 14.3. The molecule has 1 aromatic carbocycles. The summed E-state index contributed by atoms with van der Waals surface area (Å²) in [5.41, 5.74) is 11.0. The van der Waals surface area contributed by atoms with E-state index < -0.39 is 202 Å². The summed E-state index contributed by atoms with van der Waals surface area (Å²) < 4.78 is 11.3. The van der Waals surface area contributed by atoms with Crippen LogP contribution in [0.15, 0.2) is 24.3 Å².